The van der Waals surface area contributed by atoms with Crippen LogP contribution in [-0.4, -0.2) is 42.0 Å². The fraction of sp³-hybridized carbons (Fsp3) is 0.400. The molecule has 112 valence electrons. The van der Waals surface area contributed by atoms with Gasteiger partial charge in [-0.3, -0.25) is 14.5 Å². The van der Waals surface area contributed by atoms with E-state index in [2.05, 4.69) is 5.32 Å². The minimum absolute atomic E-state index is 0.108. The number of esters is 1. The number of urea groups is 1. The Morgan fingerprint density at radius 3 is 2.71 bits per heavy atom. The van der Waals surface area contributed by atoms with E-state index in [-0.39, 0.29) is 6.42 Å². The molecule has 6 nitrogen and oxygen atoms in total. The average Bonchev–Trinajstić information content (AvgIpc) is 2.86. The second-order valence-corrected chi connectivity index (χ2v) is 4.96. The largest absolute Gasteiger partial charge is 0.452 e. The summed E-state index contributed by atoms with van der Waals surface area (Å²) in [6.45, 7) is 4.11. The number of ether oxygens (including phenoxy) is 1. The Hall–Kier alpha value is -2.37. The number of carbonyl (C=O) groups is 3. The van der Waals surface area contributed by atoms with Crippen molar-refractivity contribution in [3.8, 4) is 0 Å². The van der Waals surface area contributed by atoms with Gasteiger partial charge in [-0.2, -0.15) is 0 Å². The standard InChI is InChI=1S/C15H18N2O4/c1-10-5-3-4-6-12(10)9-13(18)21-11(2)14(19)17-8-7-16-15(17)20/h3-6,11H,7-9H2,1-2H3,(H,16,20)/t11-/m0/s1. The van der Waals surface area contributed by atoms with Crippen LogP contribution >= 0.6 is 0 Å². The monoisotopic (exact) mass is 290 g/mol. The molecule has 0 unspecified atom stereocenters. The van der Waals surface area contributed by atoms with Crippen LogP contribution in [0.3, 0.4) is 0 Å². The molecule has 0 spiro atoms. The van der Waals surface area contributed by atoms with Crippen LogP contribution in [0.25, 0.3) is 0 Å². The van der Waals surface area contributed by atoms with Crippen LogP contribution in [0, 0.1) is 6.92 Å². The maximum absolute atomic E-state index is 12.0. The number of hydrogen-bond acceptors (Lipinski definition) is 4. The molecule has 0 aliphatic carbocycles. The van der Waals surface area contributed by atoms with E-state index in [4.69, 9.17) is 4.74 Å². The Balaban J connectivity index is 1.91. The molecule has 1 aliphatic rings. The minimum atomic E-state index is -0.967. The van der Waals surface area contributed by atoms with E-state index in [1.165, 1.54) is 6.92 Å². The van der Waals surface area contributed by atoms with Gasteiger partial charge in [-0.25, -0.2) is 4.79 Å². The van der Waals surface area contributed by atoms with Crippen LogP contribution in [0.4, 0.5) is 4.79 Å². The summed E-state index contributed by atoms with van der Waals surface area (Å²) in [6, 6.07) is 7.05. The molecule has 1 heterocycles. The molecule has 0 bridgehead atoms. The molecule has 1 saturated heterocycles. The van der Waals surface area contributed by atoms with Gasteiger partial charge in [0.25, 0.3) is 5.91 Å². The van der Waals surface area contributed by atoms with Crippen molar-refractivity contribution in [1.29, 1.82) is 0 Å². The molecule has 21 heavy (non-hydrogen) atoms. The third-order valence-electron chi connectivity index (χ3n) is 3.37. The SMILES string of the molecule is Cc1ccccc1CC(=O)O[C@@H](C)C(=O)N1CCNC1=O. The first kappa shape index (κ1) is 15.0. The van der Waals surface area contributed by atoms with Crippen molar-refractivity contribution in [2.75, 3.05) is 13.1 Å². The Labute approximate surface area is 123 Å². The molecular formula is C15H18N2O4. The lowest BCUT2D eigenvalue weighted by molar-refractivity contribution is -0.156. The van der Waals surface area contributed by atoms with Gasteiger partial charge in [-0.15, -0.1) is 0 Å². The molecule has 1 atom stereocenters. The molecule has 2 rings (SSSR count). The van der Waals surface area contributed by atoms with Crippen molar-refractivity contribution < 1.29 is 19.1 Å². The summed E-state index contributed by atoms with van der Waals surface area (Å²) >= 11 is 0. The lowest BCUT2D eigenvalue weighted by Gasteiger charge is -2.18. The first-order valence-corrected chi connectivity index (χ1v) is 6.82. The number of hydrogen-bond donors (Lipinski definition) is 1. The predicted octanol–water partition coefficient (Wildman–Crippen LogP) is 1.02. The minimum Gasteiger partial charge on any atom is -0.452 e. The van der Waals surface area contributed by atoms with Crippen LogP contribution in [0.5, 0.6) is 0 Å². The van der Waals surface area contributed by atoms with Crippen LogP contribution in [0.15, 0.2) is 24.3 Å². The van der Waals surface area contributed by atoms with Gasteiger partial charge in [-0.05, 0) is 25.0 Å². The summed E-state index contributed by atoms with van der Waals surface area (Å²) < 4.78 is 5.12. The summed E-state index contributed by atoms with van der Waals surface area (Å²) in [5.41, 5.74) is 1.86. The molecule has 6 heteroatoms. The van der Waals surface area contributed by atoms with Crippen LogP contribution in [-0.2, 0) is 20.7 Å². The maximum Gasteiger partial charge on any atom is 0.324 e. The second kappa shape index (κ2) is 6.39. The fourth-order valence-electron chi connectivity index (χ4n) is 2.15. The Morgan fingerprint density at radius 1 is 1.38 bits per heavy atom. The maximum atomic E-state index is 12.0. The molecule has 1 aliphatic heterocycles. The van der Waals surface area contributed by atoms with E-state index >= 15 is 0 Å². The predicted molar refractivity (Wildman–Crippen MR) is 75.5 cm³/mol. The zero-order valence-corrected chi connectivity index (χ0v) is 12.1. The van der Waals surface area contributed by atoms with E-state index < -0.39 is 24.0 Å². The summed E-state index contributed by atoms with van der Waals surface area (Å²) in [6.07, 6.45) is -0.860. The number of nitrogens with zero attached hydrogens (tertiary/aromatic N) is 1. The van der Waals surface area contributed by atoms with Gasteiger partial charge >= 0.3 is 12.0 Å². The van der Waals surface area contributed by atoms with Gasteiger partial charge < -0.3 is 10.1 Å². The summed E-state index contributed by atoms with van der Waals surface area (Å²) in [5, 5.41) is 2.53. The van der Waals surface area contributed by atoms with Crippen molar-refractivity contribution in [2.24, 2.45) is 0 Å². The first-order chi connectivity index (χ1) is 9.99. The zero-order chi connectivity index (χ0) is 15.4. The van der Waals surface area contributed by atoms with Gasteiger partial charge in [0, 0.05) is 13.1 Å². The van der Waals surface area contributed by atoms with Crippen molar-refractivity contribution in [3.63, 3.8) is 0 Å². The van der Waals surface area contributed by atoms with Gasteiger partial charge in [0.1, 0.15) is 0 Å². The zero-order valence-electron chi connectivity index (χ0n) is 12.1. The number of benzene rings is 1. The molecule has 1 aromatic carbocycles. The smallest absolute Gasteiger partial charge is 0.324 e. The highest BCUT2D eigenvalue weighted by Gasteiger charge is 2.31. The van der Waals surface area contributed by atoms with Crippen molar-refractivity contribution >= 4 is 17.9 Å². The fourth-order valence-corrected chi connectivity index (χ4v) is 2.15. The highest BCUT2D eigenvalue weighted by atomic mass is 16.5. The molecular weight excluding hydrogens is 272 g/mol. The van der Waals surface area contributed by atoms with Crippen LogP contribution in [0.2, 0.25) is 0 Å². The van der Waals surface area contributed by atoms with Crippen molar-refractivity contribution in [2.45, 2.75) is 26.4 Å². The number of carbonyl (C=O) groups excluding carboxylic acids is 3. The second-order valence-electron chi connectivity index (χ2n) is 4.96. The lowest BCUT2D eigenvalue weighted by atomic mass is 10.1. The van der Waals surface area contributed by atoms with Crippen molar-refractivity contribution in [3.05, 3.63) is 35.4 Å². The summed E-state index contributed by atoms with van der Waals surface area (Å²) in [7, 11) is 0. The van der Waals surface area contributed by atoms with Crippen LogP contribution < -0.4 is 5.32 Å². The first-order valence-electron chi connectivity index (χ1n) is 6.82. The molecule has 0 aromatic heterocycles. The average molecular weight is 290 g/mol. The van der Waals surface area contributed by atoms with Crippen LogP contribution in [0.1, 0.15) is 18.1 Å². The van der Waals surface area contributed by atoms with Gasteiger partial charge in [0.2, 0.25) is 0 Å². The number of imide groups is 1. The number of rotatable bonds is 4. The van der Waals surface area contributed by atoms with E-state index in [0.29, 0.717) is 13.1 Å². The van der Waals surface area contributed by atoms with E-state index in [9.17, 15) is 14.4 Å². The normalized spacial score (nSPS) is 15.5. The number of nitrogens with one attached hydrogen (secondary N) is 1. The summed E-state index contributed by atoms with van der Waals surface area (Å²) in [4.78, 5) is 36.3. The molecule has 0 saturated carbocycles. The summed E-state index contributed by atoms with van der Waals surface area (Å²) in [5.74, 6) is -0.979. The third kappa shape index (κ3) is 3.59. The Kier molecular flexibility index (Phi) is 4.57. The topological polar surface area (TPSA) is 75.7 Å². The van der Waals surface area contributed by atoms with Gasteiger partial charge in [-0.1, -0.05) is 24.3 Å². The van der Waals surface area contributed by atoms with Gasteiger partial charge in [0.05, 0.1) is 6.42 Å². The molecule has 0 radical (unpaired) electrons. The molecule has 3 amide bonds. The van der Waals surface area contributed by atoms with E-state index in [0.717, 1.165) is 16.0 Å². The molecule has 1 aromatic rings. The number of aryl methyl sites for hydroxylation is 1. The number of amides is 3. The van der Waals surface area contributed by atoms with E-state index in [1.807, 2.05) is 31.2 Å². The lowest BCUT2D eigenvalue weighted by Crippen LogP contribution is -2.42. The third-order valence-corrected chi connectivity index (χ3v) is 3.37. The molecule has 1 fully saturated rings. The van der Waals surface area contributed by atoms with Gasteiger partial charge in [0.15, 0.2) is 6.10 Å². The quantitative estimate of drug-likeness (QED) is 0.840. The molecule has 1 N–H and O–H groups in total. The Morgan fingerprint density at radius 2 is 2.10 bits per heavy atom. The highest BCUT2D eigenvalue weighted by molar-refractivity contribution is 5.98. The van der Waals surface area contributed by atoms with E-state index in [1.54, 1.807) is 0 Å². The highest BCUT2D eigenvalue weighted by Crippen LogP contribution is 2.10. The Bertz CT molecular complexity index is 571. The van der Waals surface area contributed by atoms with Crippen molar-refractivity contribution in [1.82, 2.24) is 10.2 Å².